The molecule has 0 bridgehead atoms. The lowest BCUT2D eigenvalue weighted by Crippen LogP contribution is -2.40. The van der Waals surface area contributed by atoms with Crippen molar-refractivity contribution in [3.05, 3.63) is 53.3 Å². The summed E-state index contributed by atoms with van der Waals surface area (Å²) in [7, 11) is -2.24. The largest absolute Gasteiger partial charge is 0.455 e. The van der Waals surface area contributed by atoms with E-state index < -0.39 is 27.5 Å². The predicted molar refractivity (Wildman–Crippen MR) is 143 cm³/mol. The Labute approximate surface area is 221 Å². The Morgan fingerprint density at radius 1 is 1.16 bits per heavy atom. The minimum Gasteiger partial charge on any atom is -0.455 e. The van der Waals surface area contributed by atoms with Crippen LogP contribution in [0.4, 0.5) is 14.9 Å². The van der Waals surface area contributed by atoms with Crippen molar-refractivity contribution in [2.45, 2.75) is 45.1 Å². The van der Waals surface area contributed by atoms with E-state index in [9.17, 15) is 22.4 Å². The van der Waals surface area contributed by atoms with Crippen molar-refractivity contribution in [1.82, 2.24) is 10.6 Å². The molecule has 1 aliphatic rings. The number of anilines is 1. The molecule has 9 nitrogen and oxygen atoms in total. The van der Waals surface area contributed by atoms with E-state index in [1.54, 1.807) is 26.8 Å². The number of hydrogen-bond donors (Lipinski definition) is 2. The number of rotatable bonds is 8. The Morgan fingerprint density at radius 3 is 2.37 bits per heavy atom. The van der Waals surface area contributed by atoms with Crippen LogP contribution in [0.1, 0.15) is 55.5 Å². The molecule has 2 N–H and O–H groups in total. The molecule has 2 aromatic carbocycles. The monoisotopic (exact) mass is 545 g/mol. The molecule has 0 spiro atoms. The summed E-state index contributed by atoms with van der Waals surface area (Å²) < 4.78 is 51.9. The van der Waals surface area contributed by atoms with Gasteiger partial charge in [0.2, 0.25) is 10.0 Å². The molecule has 0 radical (unpaired) electrons. The van der Waals surface area contributed by atoms with Gasteiger partial charge in [0, 0.05) is 30.6 Å². The van der Waals surface area contributed by atoms with Gasteiger partial charge in [-0.25, -0.2) is 17.6 Å². The summed E-state index contributed by atoms with van der Waals surface area (Å²) in [5.41, 5.74) is 1.64. The summed E-state index contributed by atoms with van der Waals surface area (Å²) in [4.78, 5) is 25.0. The van der Waals surface area contributed by atoms with Crippen LogP contribution in [0, 0.1) is 5.82 Å². The van der Waals surface area contributed by atoms with Gasteiger partial charge in [0.05, 0.1) is 24.1 Å². The number of halogens is 1. The van der Waals surface area contributed by atoms with Crippen molar-refractivity contribution < 1.29 is 31.6 Å². The highest BCUT2D eigenvalue weighted by atomic mass is 32.2. The highest BCUT2D eigenvalue weighted by Crippen LogP contribution is 2.48. The number of sulfonamides is 1. The van der Waals surface area contributed by atoms with Gasteiger partial charge in [0.25, 0.3) is 5.91 Å². The summed E-state index contributed by atoms with van der Waals surface area (Å²) in [6.07, 6.45) is 2.21. The lowest BCUT2D eigenvalue weighted by molar-refractivity contribution is 0.0529. The van der Waals surface area contributed by atoms with Gasteiger partial charge in [-0.05, 0) is 75.4 Å². The number of nitrogens with zero attached hydrogens (tertiary/aromatic N) is 1. The number of furan rings is 1. The van der Waals surface area contributed by atoms with Crippen LogP contribution in [-0.4, -0.2) is 52.4 Å². The lowest BCUT2D eigenvalue weighted by atomic mass is 10.0. The maximum atomic E-state index is 13.6. The Kier molecular flexibility index (Phi) is 7.42. The number of hydrogen-bond acceptors (Lipinski definition) is 6. The van der Waals surface area contributed by atoms with Crippen LogP contribution in [0.3, 0.4) is 0 Å². The normalized spacial score (nSPS) is 13.8. The molecule has 0 saturated heterocycles. The van der Waals surface area contributed by atoms with Gasteiger partial charge in [-0.3, -0.25) is 9.10 Å². The quantitative estimate of drug-likeness (QED) is 0.421. The summed E-state index contributed by atoms with van der Waals surface area (Å²) in [5.74, 6) is -0.414. The average molecular weight is 546 g/mol. The molecular formula is C27H32FN3O6S. The molecule has 11 heteroatoms. The number of amides is 2. The first-order valence-electron chi connectivity index (χ1n) is 12.3. The van der Waals surface area contributed by atoms with E-state index in [0.29, 0.717) is 27.8 Å². The van der Waals surface area contributed by atoms with E-state index >= 15 is 0 Å². The first-order valence-corrected chi connectivity index (χ1v) is 14.2. The summed E-state index contributed by atoms with van der Waals surface area (Å²) in [6, 6.07) is 9.03. The van der Waals surface area contributed by atoms with Crippen molar-refractivity contribution in [1.29, 1.82) is 0 Å². The number of fused-ring (bicyclic) bond motifs is 1. The molecule has 1 saturated carbocycles. The average Bonchev–Trinajstić information content (AvgIpc) is 3.59. The Hall–Kier alpha value is -3.60. The molecule has 2 amide bonds. The van der Waals surface area contributed by atoms with E-state index in [0.717, 1.165) is 24.7 Å². The molecule has 1 aliphatic carbocycles. The molecule has 0 aliphatic heterocycles. The minimum absolute atomic E-state index is 0.0204. The second-order valence-corrected chi connectivity index (χ2v) is 12.2. The molecule has 1 heterocycles. The van der Waals surface area contributed by atoms with Crippen LogP contribution in [0.2, 0.25) is 0 Å². The van der Waals surface area contributed by atoms with Crippen LogP contribution in [-0.2, 0) is 14.8 Å². The first kappa shape index (κ1) is 27.4. The number of alkyl carbamates (subject to hydrolysis) is 1. The van der Waals surface area contributed by atoms with Gasteiger partial charge >= 0.3 is 6.09 Å². The fourth-order valence-electron chi connectivity index (χ4n) is 4.28. The second kappa shape index (κ2) is 10.3. The first-order chi connectivity index (χ1) is 17.8. The second-order valence-electron chi connectivity index (χ2n) is 10.3. The molecular weight excluding hydrogens is 513 g/mol. The molecule has 3 aromatic rings. The number of nitrogens with one attached hydrogen (secondary N) is 2. The third-order valence-corrected chi connectivity index (χ3v) is 7.25. The van der Waals surface area contributed by atoms with Gasteiger partial charge in [-0.1, -0.05) is 0 Å². The number of ether oxygens (including phenoxy) is 1. The van der Waals surface area contributed by atoms with Gasteiger partial charge in [-0.2, -0.15) is 0 Å². The van der Waals surface area contributed by atoms with E-state index in [4.69, 9.17) is 9.15 Å². The molecule has 0 atom stereocenters. The maximum Gasteiger partial charge on any atom is 0.407 e. The van der Waals surface area contributed by atoms with Gasteiger partial charge in [0.15, 0.2) is 0 Å². The number of carbonyl (C=O) groups is 2. The topological polar surface area (TPSA) is 118 Å². The van der Waals surface area contributed by atoms with Crippen molar-refractivity contribution in [3.8, 4) is 11.3 Å². The van der Waals surface area contributed by atoms with E-state index in [2.05, 4.69) is 10.6 Å². The summed E-state index contributed by atoms with van der Waals surface area (Å²) in [6.45, 7) is 5.21. The van der Waals surface area contributed by atoms with Gasteiger partial charge < -0.3 is 19.8 Å². The van der Waals surface area contributed by atoms with E-state index in [1.165, 1.54) is 35.6 Å². The SMILES string of the molecule is CNC(=O)c1c(-c2ccc(F)cc2)oc2cc(N(CCNC(=O)OC(C)(C)C)S(C)(=O)=O)c(C3CC3)cc12. The molecule has 204 valence electrons. The molecule has 38 heavy (non-hydrogen) atoms. The van der Waals surface area contributed by atoms with Crippen molar-refractivity contribution in [2.24, 2.45) is 0 Å². The van der Waals surface area contributed by atoms with Crippen molar-refractivity contribution in [2.75, 3.05) is 30.7 Å². The Balaban J connectivity index is 1.79. The van der Waals surface area contributed by atoms with Gasteiger partial charge in [0.1, 0.15) is 22.8 Å². The molecule has 1 fully saturated rings. The molecule has 0 unspecified atom stereocenters. The zero-order chi connectivity index (χ0) is 27.8. The third kappa shape index (κ3) is 6.09. The fourth-order valence-corrected chi connectivity index (χ4v) is 5.22. The Bertz CT molecular complexity index is 1470. The molecule has 4 rings (SSSR count). The number of benzene rings is 2. The third-order valence-electron chi connectivity index (χ3n) is 6.07. The smallest absolute Gasteiger partial charge is 0.407 e. The minimum atomic E-state index is -3.75. The summed E-state index contributed by atoms with van der Waals surface area (Å²) >= 11 is 0. The fraction of sp³-hybridized carbons (Fsp3) is 0.407. The van der Waals surface area contributed by atoms with Crippen LogP contribution >= 0.6 is 0 Å². The zero-order valence-corrected chi connectivity index (χ0v) is 22.9. The van der Waals surface area contributed by atoms with Crippen LogP contribution in [0.25, 0.3) is 22.3 Å². The van der Waals surface area contributed by atoms with Crippen LogP contribution in [0.5, 0.6) is 0 Å². The van der Waals surface area contributed by atoms with E-state index in [1.807, 2.05) is 6.07 Å². The Morgan fingerprint density at radius 2 is 1.82 bits per heavy atom. The highest BCUT2D eigenvalue weighted by Gasteiger charge is 2.33. The van der Waals surface area contributed by atoms with Gasteiger partial charge in [-0.15, -0.1) is 0 Å². The zero-order valence-electron chi connectivity index (χ0n) is 22.1. The lowest BCUT2D eigenvalue weighted by Gasteiger charge is -2.26. The van der Waals surface area contributed by atoms with Crippen molar-refractivity contribution in [3.63, 3.8) is 0 Å². The molecule has 1 aromatic heterocycles. The van der Waals surface area contributed by atoms with Crippen LogP contribution in [0.15, 0.2) is 40.8 Å². The van der Waals surface area contributed by atoms with E-state index in [-0.39, 0.29) is 30.7 Å². The predicted octanol–water partition coefficient (Wildman–Crippen LogP) is 4.77. The summed E-state index contributed by atoms with van der Waals surface area (Å²) in [5, 5.41) is 5.77. The van der Waals surface area contributed by atoms with Crippen LogP contribution < -0.4 is 14.9 Å². The standard InChI is InChI=1S/C27H32FN3O6S/c1-27(2,3)37-26(33)30-12-13-31(38(5,34)35)21-15-22-20(14-19(21)16-6-7-16)23(25(32)29-4)24(36-22)17-8-10-18(28)11-9-17/h8-11,14-16H,6-7,12-13H2,1-5H3,(H,29,32)(H,30,33). The maximum absolute atomic E-state index is 13.6. The highest BCUT2D eigenvalue weighted by molar-refractivity contribution is 7.92. The van der Waals surface area contributed by atoms with Crippen molar-refractivity contribution >= 4 is 38.7 Å². The number of carbonyl (C=O) groups excluding carboxylic acids is 2.